The number of rotatable bonds is 5. The summed E-state index contributed by atoms with van der Waals surface area (Å²) in [5.74, 6) is -1.31. The van der Waals surface area contributed by atoms with Crippen LogP contribution in [0.3, 0.4) is 0 Å². The normalized spacial score (nSPS) is 11.2. The number of hydrogen-bond acceptors (Lipinski definition) is 7. The van der Waals surface area contributed by atoms with Crippen LogP contribution in [0.4, 0.5) is 24.8 Å². The number of hydrogen-bond donors (Lipinski definition) is 2. The number of aryl methyl sites for hydroxylation is 1. The van der Waals surface area contributed by atoms with Crippen LogP contribution in [0, 0.1) is 18.3 Å². The molecule has 4 rings (SSSR count). The molecule has 2 N–H and O–H groups in total. The van der Waals surface area contributed by atoms with Crippen LogP contribution in [0.15, 0.2) is 48.9 Å². The van der Waals surface area contributed by atoms with Gasteiger partial charge in [0.15, 0.2) is 11.5 Å². The topological polar surface area (TPSA) is 130 Å². The molecule has 0 saturated heterocycles. The highest BCUT2D eigenvalue weighted by Gasteiger charge is 2.35. The lowest BCUT2D eigenvalue weighted by Crippen LogP contribution is -2.11. The van der Waals surface area contributed by atoms with Gasteiger partial charge >= 0.3 is 12.1 Å². The van der Waals surface area contributed by atoms with Crippen molar-refractivity contribution in [1.29, 1.82) is 5.26 Å². The van der Waals surface area contributed by atoms with Crippen LogP contribution >= 0.6 is 11.6 Å². The van der Waals surface area contributed by atoms with E-state index in [9.17, 15) is 23.1 Å². The molecule has 0 amide bonds. The van der Waals surface area contributed by atoms with Crippen molar-refractivity contribution < 1.29 is 23.1 Å². The number of nitrogens with zero attached hydrogens (tertiary/aromatic N) is 6. The lowest BCUT2D eigenvalue weighted by molar-refractivity contribution is -0.141. The third kappa shape index (κ3) is 5.04. The van der Waals surface area contributed by atoms with E-state index in [1.165, 1.54) is 43.6 Å². The first kappa shape index (κ1) is 23.7. The first-order chi connectivity index (χ1) is 16.5. The Morgan fingerprint density at radius 1 is 1.17 bits per heavy atom. The van der Waals surface area contributed by atoms with Gasteiger partial charge in [-0.3, -0.25) is 4.98 Å². The van der Waals surface area contributed by atoms with E-state index in [2.05, 4.69) is 25.4 Å². The van der Waals surface area contributed by atoms with Crippen molar-refractivity contribution >= 4 is 29.2 Å². The molecule has 1 aromatic carbocycles. The number of anilines is 2. The largest absolute Gasteiger partial charge is 0.478 e. The van der Waals surface area contributed by atoms with Crippen molar-refractivity contribution in [3.63, 3.8) is 0 Å². The molecule has 0 unspecified atom stereocenters. The van der Waals surface area contributed by atoms with Gasteiger partial charge in [-0.05, 0) is 37.3 Å². The maximum atomic E-state index is 13.3. The third-order valence-electron chi connectivity index (χ3n) is 4.73. The van der Waals surface area contributed by atoms with Gasteiger partial charge in [-0.1, -0.05) is 11.6 Å². The lowest BCUT2D eigenvalue weighted by atomic mass is 10.1. The summed E-state index contributed by atoms with van der Waals surface area (Å²) in [6.07, 6.45) is -0.919. The number of carboxylic acids is 1. The van der Waals surface area contributed by atoms with Crippen molar-refractivity contribution in [3.8, 4) is 23.0 Å². The highest BCUT2D eigenvalue weighted by Crippen LogP contribution is 2.32. The van der Waals surface area contributed by atoms with Gasteiger partial charge in [-0.15, -0.1) is 0 Å². The molecule has 0 aliphatic rings. The van der Waals surface area contributed by atoms with E-state index >= 15 is 0 Å². The van der Waals surface area contributed by atoms with Crippen LogP contribution < -0.4 is 5.32 Å². The Bertz CT molecular complexity index is 1500. The van der Waals surface area contributed by atoms with Crippen molar-refractivity contribution in [2.45, 2.75) is 13.1 Å². The van der Waals surface area contributed by atoms with Gasteiger partial charge in [-0.2, -0.15) is 28.5 Å². The summed E-state index contributed by atoms with van der Waals surface area (Å²) in [5.41, 5.74) is -0.0484. The number of alkyl halides is 3. The minimum absolute atomic E-state index is 0.0271. The Hall–Kier alpha value is -4.50. The minimum atomic E-state index is -4.69. The van der Waals surface area contributed by atoms with E-state index in [-0.39, 0.29) is 44.7 Å². The summed E-state index contributed by atoms with van der Waals surface area (Å²) in [4.78, 5) is 23.8. The zero-order valence-electron chi connectivity index (χ0n) is 17.7. The molecule has 0 fully saturated rings. The number of carboxylic acid groups (broad SMARTS) is 1. The molecule has 13 heteroatoms. The molecular weight excluding hydrogens is 487 g/mol. The monoisotopic (exact) mass is 499 g/mol. The maximum Gasteiger partial charge on any atom is 0.435 e. The van der Waals surface area contributed by atoms with Gasteiger partial charge in [-0.25, -0.2) is 14.5 Å². The fourth-order valence-corrected chi connectivity index (χ4v) is 3.42. The molecule has 0 aliphatic carbocycles. The van der Waals surface area contributed by atoms with Gasteiger partial charge in [0.2, 0.25) is 5.95 Å². The average Bonchev–Trinajstić information content (AvgIpc) is 3.20. The van der Waals surface area contributed by atoms with Crippen LogP contribution in [-0.4, -0.2) is 35.8 Å². The van der Waals surface area contributed by atoms with Gasteiger partial charge in [0, 0.05) is 46.1 Å². The summed E-state index contributed by atoms with van der Waals surface area (Å²) in [5, 5.41) is 25.2. The number of benzene rings is 1. The Kier molecular flexibility index (Phi) is 6.10. The second kappa shape index (κ2) is 9.03. The zero-order chi connectivity index (χ0) is 25.3. The lowest BCUT2D eigenvalue weighted by Gasteiger charge is -2.13. The molecule has 9 nitrogen and oxygen atoms in total. The molecule has 3 heterocycles. The predicted octanol–water partition coefficient (Wildman–Crippen LogP) is 5.02. The fourth-order valence-electron chi connectivity index (χ4n) is 3.19. The quantitative estimate of drug-likeness (QED) is 0.391. The van der Waals surface area contributed by atoms with Crippen LogP contribution in [-0.2, 0) is 6.18 Å². The van der Waals surface area contributed by atoms with Crippen molar-refractivity contribution in [2.75, 3.05) is 5.32 Å². The van der Waals surface area contributed by atoms with E-state index in [4.69, 9.17) is 16.9 Å². The molecule has 0 saturated carbocycles. The van der Waals surface area contributed by atoms with E-state index in [1.54, 1.807) is 0 Å². The zero-order valence-corrected chi connectivity index (χ0v) is 18.4. The molecule has 0 atom stereocenters. The van der Waals surface area contributed by atoms with Gasteiger partial charge in [0.25, 0.3) is 0 Å². The Morgan fingerprint density at radius 2 is 1.94 bits per heavy atom. The van der Waals surface area contributed by atoms with Gasteiger partial charge in [0.1, 0.15) is 0 Å². The van der Waals surface area contributed by atoms with E-state index in [1.807, 2.05) is 6.07 Å². The van der Waals surface area contributed by atoms with Crippen LogP contribution in [0.2, 0.25) is 5.02 Å². The standard InChI is InChI=1S/C22H13ClF3N7O2/c1-11-2-18(22(24,25)26)32-33(11)19-17(13-5-14(20(34)35)9-28-8-13)10-29-21(31-19)30-16-4-12(7-27)3-15(23)6-16/h2-6,8-10H,1H3,(H,34,35)(H,29,30,31). The van der Waals surface area contributed by atoms with Crippen molar-refractivity contribution in [2.24, 2.45) is 0 Å². The van der Waals surface area contributed by atoms with E-state index in [0.717, 1.165) is 16.9 Å². The molecule has 0 radical (unpaired) electrons. The molecule has 0 spiro atoms. The summed E-state index contributed by atoms with van der Waals surface area (Å²) >= 11 is 6.03. The number of pyridine rings is 1. The predicted molar refractivity (Wildman–Crippen MR) is 119 cm³/mol. The highest BCUT2D eigenvalue weighted by molar-refractivity contribution is 6.31. The van der Waals surface area contributed by atoms with Crippen LogP contribution in [0.1, 0.15) is 27.3 Å². The van der Waals surface area contributed by atoms with Crippen molar-refractivity contribution in [1.82, 2.24) is 24.7 Å². The maximum absolute atomic E-state index is 13.3. The van der Waals surface area contributed by atoms with Gasteiger partial charge in [0.05, 0.1) is 17.2 Å². The molecular formula is C22H13ClF3N7O2. The Morgan fingerprint density at radius 3 is 2.60 bits per heavy atom. The molecule has 176 valence electrons. The molecule has 35 heavy (non-hydrogen) atoms. The fraction of sp³-hybridized carbons (Fsp3) is 0.0909. The minimum Gasteiger partial charge on any atom is -0.478 e. The average molecular weight is 500 g/mol. The number of nitrogens with one attached hydrogen (secondary N) is 1. The van der Waals surface area contributed by atoms with Gasteiger partial charge < -0.3 is 10.4 Å². The summed E-state index contributed by atoms with van der Waals surface area (Å²) in [7, 11) is 0. The first-order valence-corrected chi connectivity index (χ1v) is 10.1. The number of nitriles is 1. The number of aromatic carboxylic acids is 1. The number of carbonyl (C=O) groups is 1. The summed E-state index contributed by atoms with van der Waals surface area (Å²) in [6, 6.07) is 8.58. The van der Waals surface area contributed by atoms with E-state index < -0.39 is 17.8 Å². The third-order valence-corrected chi connectivity index (χ3v) is 4.94. The van der Waals surface area contributed by atoms with Crippen LogP contribution in [0.25, 0.3) is 16.9 Å². The second-order valence-electron chi connectivity index (χ2n) is 7.24. The highest BCUT2D eigenvalue weighted by atomic mass is 35.5. The molecule has 3 aromatic heterocycles. The number of halogens is 4. The Labute approximate surface area is 200 Å². The Balaban J connectivity index is 1.88. The first-order valence-electron chi connectivity index (χ1n) is 9.73. The van der Waals surface area contributed by atoms with Crippen molar-refractivity contribution in [3.05, 3.63) is 76.5 Å². The molecule has 4 aromatic rings. The summed E-state index contributed by atoms with van der Waals surface area (Å²) in [6.45, 7) is 1.42. The molecule has 0 bridgehead atoms. The van der Waals surface area contributed by atoms with E-state index in [0.29, 0.717) is 5.69 Å². The summed E-state index contributed by atoms with van der Waals surface area (Å²) < 4.78 is 40.9. The molecule has 0 aliphatic heterocycles. The smallest absolute Gasteiger partial charge is 0.435 e. The van der Waals surface area contributed by atoms with Crippen LogP contribution in [0.5, 0.6) is 0 Å². The SMILES string of the molecule is Cc1cc(C(F)(F)F)nn1-c1nc(Nc2cc(Cl)cc(C#N)c2)ncc1-c1cncc(C(=O)O)c1. The second-order valence-corrected chi connectivity index (χ2v) is 7.68. The number of aromatic nitrogens is 5.